The average molecular weight is 494 g/mol. The average Bonchev–Trinajstić information content (AvgIpc) is 3.16. The van der Waals surface area contributed by atoms with Crippen molar-refractivity contribution in [3.63, 3.8) is 0 Å². The molecule has 0 spiro atoms. The van der Waals surface area contributed by atoms with E-state index in [0.717, 1.165) is 36.0 Å². The topological polar surface area (TPSA) is 94.1 Å². The lowest BCUT2D eigenvalue weighted by molar-refractivity contribution is -0.137. The summed E-state index contributed by atoms with van der Waals surface area (Å²) in [6.07, 6.45) is 2.20. The molecule has 0 unspecified atom stereocenters. The molecule has 3 aromatic rings. The molecule has 1 aromatic carbocycles. The molecule has 1 aliphatic carbocycles. The number of fused-ring (bicyclic) bond motifs is 1. The van der Waals surface area contributed by atoms with Gasteiger partial charge in [-0.3, -0.25) is 13.9 Å². The van der Waals surface area contributed by atoms with Crippen LogP contribution in [-0.4, -0.2) is 36.4 Å². The molecule has 0 bridgehead atoms. The second kappa shape index (κ2) is 9.88. The van der Waals surface area contributed by atoms with Gasteiger partial charge in [-0.2, -0.15) is 18.2 Å². The van der Waals surface area contributed by atoms with E-state index in [9.17, 15) is 27.9 Å². The molecule has 1 aliphatic rings. The summed E-state index contributed by atoms with van der Waals surface area (Å²) < 4.78 is 42.4. The highest BCUT2D eigenvalue weighted by atomic mass is 19.4. The molecule has 0 saturated heterocycles. The van der Waals surface area contributed by atoms with Crippen LogP contribution in [0.1, 0.15) is 49.7 Å². The normalized spacial score (nSPS) is 16.1. The number of imidazole rings is 1. The second-order valence-corrected chi connectivity index (χ2v) is 9.36. The Morgan fingerprint density at radius 3 is 2.34 bits per heavy atom. The number of aryl methyl sites for hydroxylation is 2. The van der Waals surface area contributed by atoms with E-state index in [2.05, 4.69) is 10.3 Å². The van der Waals surface area contributed by atoms with Crippen LogP contribution in [0.5, 0.6) is 0 Å². The lowest BCUT2D eigenvalue weighted by atomic mass is 9.85. The maximum absolute atomic E-state index is 13.3. The number of nitrogens with one attached hydrogen (secondary N) is 1. The van der Waals surface area contributed by atoms with Crippen LogP contribution in [0, 0.1) is 5.92 Å². The summed E-state index contributed by atoms with van der Waals surface area (Å²) in [6, 6.07) is 4.13. The van der Waals surface area contributed by atoms with E-state index in [1.807, 2.05) is 0 Å². The molecule has 0 amide bonds. The van der Waals surface area contributed by atoms with Crippen LogP contribution in [-0.2, 0) is 26.8 Å². The Bertz CT molecular complexity index is 1300. The highest BCUT2D eigenvalue weighted by Gasteiger charge is 2.30. The Balaban J connectivity index is 1.65. The standard InChI is InChI=1S/C24H30F3N5O3/c1-30-19-20(29-22(30)28-18(14-33)12-15-6-4-3-5-7-15)31(2)23(35)32(21(19)34)13-16-8-10-17(11-9-16)24(25,26)27/h8-11,15,18,33H,3-7,12-14H2,1-2H3,(H,28,29)/t18-/m0/s1. The number of benzene rings is 1. The van der Waals surface area contributed by atoms with Gasteiger partial charge >= 0.3 is 11.9 Å². The molecule has 4 rings (SSSR count). The fourth-order valence-electron chi connectivity index (χ4n) is 4.88. The van der Waals surface area contributed by atoms with Gasteiger partial charge in [0.1, 0.15) is 0 Å². The lowest BCUT2D eigenvalue weighted by Crippen LogP contribution is -2.39. The van der Waals surface area contributed by atoms with E-state index >= 15 is 0 Å². The van der Waals surface area contributed by atoms with Crippen molar-refractivity contribution in [3.8, 4) is 0 Å². The number of aromatic nitrogens is 4. The van der Waals surface area contributed by atoms with E-state index in [-0.39, 0.29) is 30.4 Å². The molecule has 8 nitrogen and oxygen atoms in total. The van der Waals surface area contributed by atoms with Crippen LogP contribution in [0.4, 0.5) is 19.1 Å². The molecular weight excluding hydrogens is 463 g/mol. The minimum Gasteiger partial charge on any atom is -0.394 e. The Labute approximate surface area is 200 Å². The van der Waals surface area contributed by atoms with E-state index in [1.54, 1.807) is 11.6 Å². The summed E-state index contributed by atoms with van der Waals surface area (Å²) in [5.41, 5.74) is -1.22. The Morgan fingerprint density at radius 1 is 1.09 bits per heavy atom. The maximum atomic E-state index is 13.3. The summed E-state index contributed by atoms with van der Waals surface area (Å²) in [5, 5.41) is 13.2. The van der Waals surface area contributed by atoms with Gasteiger partial charge in [-0.1, -0.05) is 44.2 Å². The molecule has 0 radical (unpaired) electrons. The predicted octanol–water partition coefficient (Wildman–Crippen LogP) is 3.24. The third kappa shape index (κ3) is 5.14. The Kier molecular flexibility index (Phi) is 7.07. The van der Waals surface area contributed by atoms with Crippen LogP contribution >= 0.6 is 0 Å². The van der Waals surface area contributed by atoms with Gasteiger partial charge in [-0.25, -0.2) is 4.79 Å². The summed E-state index contributed by atoms with van der Waals surface area (Å²) in [4.78, 5) is 30.7. The number of hydrogen-bond acceptors (Lipinski definition) is 5. The van der Waals surface area contributed by atoms with Gasteiger partial charge in [0.2, 0.25) is 5.95 Å². The van der Waals surface area contributed by atoms with E-state index in [1.165, 1.54) is 43.0 Å². The zero-order valence-electron chi connectivity index (χ0n) is 19.8. The van der Waals surface area contributed by atoms with Crippen molar-refractivity contribution in [2.75, 3.05) is 11.9 Å². The van der Waals surface area contributed by atoms with E-state index in [0.29, 0.717) is 17.4 Å². The van der Waals surface area contributed by atoms with Crippen molar-refractivity contribution in [1.82, 2.24) is 18.7 Å². The smallest absolute Gasteiger partial charge is 0.394 e. The second-order valence-electron chi connectivity index (χ2n) is 9.36. The molecule has 1 fully saturated rings. The molecule has 1 saturated carbocycles. The van der Waals surface area contributed by atoms with Gasteiger partial charge in [0.05, 0.1) is 24.8 Å². The predicted molar refractivity (Wildman–Crippen MR) is 126 cm³/mol. The molecule has 1 atom stereocenters. The van der Waals surface area contributed by atoms with Crippen molar-refractivity contribution < 1.29 is 18.3 Å². The third-order valence-electron chi connectivity index (χ3n) is 6.88. The maximum Gasteiger partial charge on any atom is 0.416 e. The molecule has 2 N–H and O–H groups in total. The van der Waals surface area contributed by atoms with Gasteiger partial charge in [0, 0.05) is 14.1 Å². The van der Waals surface area contributed by atoms with Gasteiger partial charge in [0.15, 0.2) is 11.2 Å². The SMILES string of the molecule is Cn1c(N[C@H](CO)CC2CCCCC2)nc2c1c(=O)n(Cc1ccc(C(F)(F)F)cc1)c(=O)n2C. The molecular formula is C24H30F3N5O3. The first-order valence-corrected chi connectivity index (χ1v) is 11.8. The fraction of sp³-hybridized carbons (Fsp3) is 0.542. The summed E-state index contributed by atoms with van der Waals surface area (Å²) in [6.45, 7) is -0.259. The van der Waals surface area contributed by atoms with Crippen molar-refractivity contribution in [3.05, 3.63) is 56.2 Å². The van der Waals surface area contributed by atoms with Gasteiger partial charge in [-0.15, -0.1) is 0 Å². The Hall–Kier alpha value is -3.08. The Morgan fingerprint density at radius 2 is 1.74 bits per heavy atom. The van der Waals surface area contributed by atoms with Crippen LogP contribution in [0.2, 0.25) is 0 Å². The number of alkyl halides is 3. The minimum absolute atomic E-state index is 0.0865. The first-order valence-electron chi connectivity index (χ1n) is 11.8. The van der Waals surface area contributed by atoms with Crippen LogP contribution < -0.4 is 16.6 Å². The van der Waals surface area contributed by atoms with Crippen molar-refractivity contribution in [1.29, 1.82) is 0 Å². The van der Waals surface area contributed by atoms with Crippen molar-refractivity contribution in [2.45, 2.75) is 57.3 Å². The fourth-order valence-corrected chi connectivity index (χ4v) is 4.88. The number of aliphatic hydroxyl groups excluding tert-OH is 1. The van der Waals surface area contributed by atoms with Gasteiger partial charge in [0.25, 0.3) is 5.56 Å². The molecule has 190 valence electrons. The summed E-state index contributed by atoms with van der Waals surface area (Å²) in [5.74, 6) is 0.891. The minimum atomic E-state index is -4.47. The number of anilines is 1. The first kappa shape index (κ1) is 25.0. The zero-order valence-corrected chi connectivity index (χ0v) is 19.8. The summed E-state index contributed by atoms with van der Waals surface area (Å²) >= 11 is 0. The van der Waals surface area contributed by atoms with Crippen molar-refractivity contribution in [2.24, 2.45) is 20.0 Å². The van der Waals surface area contributed by atoms with E-state index in [4.69, 9.17) is 0 Å². The third-order valence-corrected chi connectivity index (χ3v) is 6.88. The van der Waals surface area contributed by atoms with Gasteiger partial charge < -0.3 is 15.0 Å². The lowest BCUT2D eigenvalue weighted by Gasteiger charge is -2.26. The molecule has 11 heteroatoms. The monoisotopic (exact) mass is 493 g/mol. The molecule has 0 aliphatic heterocycles. The molecule has 35 heavy (non-hydrogen) atoms. The molecule has 2 aromatic heterocycles. The van der Waals surface area contributed by atoms with Crippen LogP contribution in [0.3, 0.4) is 0 Å². The largest absolute Gasteiger partial charge is 0.416 e. The van der Waals surface area contributed by atoms with E-state index < -0.39 is 23.0 Å². The molecule has 2 heterocycles. The number of aliphatic hydroxyl groups is 1. The quantitative estimate of drug-likeness (QED) is 0.527. The number of halogens is 3. The van der Waals surface area contributed by atoms with Gasteiger partial charge in [-0.05, 0) is 30.0 Å². The highest BCUT2D eigenvalue weighted by molar-refractivity contribution is 5.74. The highest BCUT2D eigenvalue weighted by Crippen LogP contribution is 2.30. The van der Waals surface area contributed by atoms with Crippen LogP contribution in [0.25, 0.3) is 11.2 Å². The first-order chi connectivity index (χ1) is 16.6. The van der Waals surface area contributed by atoms with Crippen LogP contribution in [0.15, 0.2) is 33.9 Å². The zero-order chi connectivity index (χ0) is 25.3. The summed E-state index contributed by atoms with van der Waals surface area (Å²) in [7, 11) is 3.15. The number of hydrogen-bond donors (Lipinski definition) is 2. The van der Waals surface area contributed by atoms with Crippen molar-refractivity contribution >= 4 is 17.1 Å². The number of nitrogens with zero attached hydrogens (tertiary/aromatic N) is 4. The number of rotatable bonds is 7.